The molecule has 5 nitrogen and oxygen atoms in total. The van der Waals surface area contributed by atoms with E-state index < -0.39 is 5.60 Å². The van der Waals surface area contributed by atoms with Crippen LogP contribution in [0.4, 0.5) is 5.69 Å². The first-order valence-corrected chi connectivity index (χ1v) is 7.81. The Bertz CT molecular complexity index is 651. The summed E-state index contributed by atoms with van der Waals surface area (Å²) in [4.78, 5) is 4.45. The van der Waals surface area contributed by atoms with Crippen molar-refractivity contribution >= 4 is 37.5 Å². The Labute approximate surface area is 133 Å². The smallest absolute Gasteiger partial charge is 0.260 e. The van der Waals surface area contributed by atoms with E-state index in [1.165, 1.54) is 0 Å². The number of nitrogens with two attached hydrogens (primary N) is 1. The molecular weight excluding hydrogens is 390 g/mol. The van der Waals surface area contributed by atoms with Crippen LogP contribution in [0.25, 0.3) is 11.5 Å². The van der Waals surface area contributed by atoms with Crippen LogP contribution >= 0.6 is 31.9 Å². The third-order valence-corrected chi connectivity index (χ3v) is 4.56. The predicted molar refractivity (Wildman–Crippen MR) is 82.1 cm³/mol. The van der Waals surface area contributed by atoms with Gasteiger partial charge >= 0.3 is 0 Å². The topological polar surface area (TPSA) is 74.2 Å². The van der Waals surface area contributed by atoms with Crippen LogP contribution in [-0.4, -0.2) is 16.7 Å². The van der Waals surface area contributed by atoms with Gasteiger partial charge in [-0.25, -0.2) is 0 Å². The fraction of sp³-hybridized carbons (Fsp3) is 0.385. The van der Waals surface area contributed by atoms with Gasteiger partial charge in [0.1, 0.15) is 5.60 Å². The van der Waals surface area contributed by atoms with Crippen LogP contribution in [0, 0.1) is 0 Å². The molecule has 1 atom stereocenters. The maximum atomic E-state index is 6.05. The standard InChI is InChI=1S/C13H13Br2N3O2/c1-13(3-2-4-19-13)12-17-11(20-18-12)8-5-7(14)6-9(15)10(8)16/h5-6H,2-4,16H2,1H3. The Morgan fingerprint density at radius 2 is 2.15 bits per heavy atom. The molecule has 2 heterocycles. The van der Waals surface area contributed by atoms with Crippen molar-refractivity contribution in [2.24, 2.45) is 0 Å². The molecule has 7 heteroatoms. The first-order chi connectivity index (χ1) is 9.49. The van der Waals surface area contributed by atoms with Crippen LogP contribution in [0.15, 0.2) is 25.6 Å². The van der Waals surface area contributed by atoms with E-state index in [0.717, 1.165) is 28.4 Å². The van der Waals surface area contributed by atoms with Crippen molar-refractivity contribution in [3.63, 3.8) is 0 Å². The lowest BCUT2D eigenvalue weighted by Crippen LogP contribution is -2.21. The van der Waals surface area contributed by atoms with Gasteiger partial charge in [0.05, 0.1) is 11.3 Å². The molecule has 1 aliphatic rings. The lowest BCUT2D eigenvalue weighted by Gasteiger charge is -2.17. The summed E-state index contributed by atoms with van der Waals surface area (Å²) in [6, 6.07) is 3.73. The van der Waals surface area contributed by atoms with Crippen LogP contribution in [0.3, 0.4) is 0 Å². The summed E-state index contributed by atoms with van der Waals surface area (Å²) >= 11 is 6.84. The van der Waals surface area contributed by atoms with E-state index in [0.29, 0.717) is 23.0 Å². The zero-order chi connectivity index (χ0) is 14.3. The van der Waals surface area contributed by atoms with Crippen molar-refractivity contribution in [2.75, 3.05) is 12.3 Å². The van der Waals surface area contributed by atoms with Gasteiger partial charge in [0, 0.05) is 15.6 Å². The summed E-state index contributed by atoms with van der Waals surface area (Å²) in [5, 5.41) is 4.05. The molecule has 2 N–H and O–H groups in total. The zero-order valence-corrected chi connectivity index (χ0v) is 14.0. The fourth-order valence-corrected chi connectivity index (χ4v) is 3.49. The second-order valence-electron chi connectivity index (χ2n) is 4.95. The molecule has 20 heavy (non-hydrogen) atoms. The third kappa shape index (κ3) is 2.38. The molecule has 1 aromatic carbocycles. The Hall–Kier alpha value is -0.920. The number of benzene rings is 1. The molecule has 0 saturated carbocycles. The minimum absolute atomic E-state index is 0.399. The highest BCUT2D eigenvalue weighted by Gasteiger charge is 2.36. The molecule has 0 radical (unpaired) electrons. The number of hydrogen-bond donors (Lipinski definition) is 1. The summed E-state index contributed by atoms with van der Waals surface area (Å²) in [5.74, 6) is 0.969. The largest absolute Gasteiger partial charge is 0.397 e. The monoisotopic (exact) mass is 401 g/mol. The molecule has 0 amide bonds. The Kier molecular flexibility index (Phi) is 3.60. The van der Waals surface area contributed by atoms with E-state index in [9.17, 15) is 0 Å². The predicted octanol–water partition coefficient (Wildman–Crippen LogP) is 3.87. The van der Waals surface area contributed by atoms with Crippen molar-refractivity contribution in [3.8, 4) is 11.5 Å². The summed E-state index contributed by atoms with van der Waals surface area (Å²) in [6.45, 7) is 2.71. The zero-order valence-electron chi connectivity index (χ0n) is 10.8. The van der Waals surface area contributed by atoms with E-state index in [1.807, 2.05) is 19.1 Å². The van der Waals surface area contributed by atoms with Crippen LogP contribution < -0.4 is 5.73 Å². The Morgan fingerprint density at radius 1 is 1.35 bits per heavy atom. The van der Waals surface area contributed by atoms with Gasteiger partial charge in [-0.15, -0.1) is 0 Å². The molecule has 0 spiro atoms. The quantitative estimate of drug-likeness (QED) is 0.771. The van der Waals surface area contributed by atoms with E-state index in [2.05, 4.69) is 42.0 Å². The van der Waals surface area contributed by atoms with Crippen LogP contribution in [0.2, 0.25) is 0 Å². The lowest BCUT2D eigenvalue weighted by atomic mass is 10.0. The Morgan fingerprint density at radius 3 is 2.85 bits per heavy atom. The number of ether oxygens (including phenoxy) is 1. The average Bonchev–Trinajstić information content (AvgIpc) is 3.03. The van der Waals surface area contributed by atoms with Gasteiger partial charge in [0.2, 0.25) is 5.82 Å². The van der Waals surface area contributed by atoms with Gasteiger partial charge in [-0.2, -0.15) is 4.98 Å². The highest BCUT2D eigenvalue weighted by atomic mass is 79.9. The van der Waals surface area contributed by atoms with Crippen molar-refractivity contribution in [3.05, 3.63) is 26.9 Å². The molecule has 0 bridgehead atoms. The minimum atomic E-state index is -0.459. The molecule has 1 fully saturated rings. The van der Waals surface area contributed by atoms with Crippen molar-refractivity contribution in [2.45, 2.75) is 25.4 Å². The van der Waals surface area contributed by atoms with Crippen molar-refractivity contribution < 1.29 is 9.26 Å². The minimum Gasteiger partial charge on any atom is -0.397 e. The second-order valence-corrected chi connectivity index (χ2v) is 6.72. The maximum Gasteiger partial charge on any atom is 0.260 e. The normalized spacial score (nSPS) is 22.4. The molecular formula is C13H13Br2N3O2. The van der Waals surface area contributed by atoms with E-state index in [-0.39, 0.29) is 0 Å². The van der Waals surface area contributed by atoms with Gasteiger partial charge < -0.3 is 15.0 Å². The number of aromatic nitrogens is 2. The molecule has 1 saturated heterocycles. The number of hydrogen-bond acceptors (Lipinski definition) is 5. The number of nitrogens with zero attached hydrogens (tertiary/aromatic N) is 2. The summed E-state index contributed by atoms with van der Waals surface area (Å²) < 4.78 is 12.7. The van der Waals surface area contributed by atoms with Gasteiger partial charge in [0.25, 0.3) is 5.89 Å². The van der Waals surface area contributed by atoms with Gasteiger partial charge in [-0.3, -0.25) is 0 Å². The SMILES string of the molecule is CC1(c2noc(-c3cc(Br)cc(Br)c3N)n2)CCCO1. The average molecular weight is 403 g/mol. The van der Waals surface area contributed by atoms with Crippen LogP contribution in [-0.2, 0) is 10.3 Å². The molecule has 3 rings (SSSR count). The van der Waals surface area contributed by atoms with Crippen LogP contribution in [0.5, 0.6) is 0 Å². The molecule has 106 valence electrons. The number of halogens is 2. The number of rotatable bonds is 2. The highest BCUT2D eigenvalue weighted by Crippen LogP contribution is 2.37. The number of anilines is 1. The van der Waals surface area contributed by atoms with Crippen molar-refractivity contribution in [1.29, 1.82) is 0 Å². The van der Waals surface area contributed by atoms with E-state index in [4.69, 9.17) is 15.0 Å². The van der Waals surface area contributed by atoms with Gasteiger partial charge in [0.15, 0.2) is 0 Å². The first kappa shape index (κ1) is 14.0. The third-order valence-electron chi connectivity index (χ3n) is 3.44. The van der Waals surface area contributed by atoms with E-state index >= 15 is 0 Å². The van der Waals surface area contributed by atoms with Crippen molar-refractivity contribution in [1.82, 2.24) is 10.1 Å². The summed E-state index contributed by atoms with van der Waals surface area (Å²) in [5.41, 5.74) is 6.86. The molecule has 2 aromatic rings. The molecule has 0 aliphatic carbocycles. The summed E-state index contributed by atoms with van der Waals surface area (Å²) in [6.07, 6.45) is 1.90. The summed E-state index contributed by atoms with van der Waals surface area (Å²) in [7, 11) is 0. The van der Waals surface area contributed by atoms with E-state index in [1.54, 1.807) is 0 Å². The molecule has 1 unspecified atom stereocenters. The van der Waals surface area contributed by atoms with Crippen LogP contribution in [0.1, 0.15) is 25.6 Å². The first-order valence-electron chi connectivity index (χ1n) is 6.23. The molecule has 1 aromatic heterocycles. The highest BCUT2D eigenvalue weighted by molar-refractivity contribution is 9.11. The fourth-order valence-electron chi connectivity index (χ4n) is 2.26. The number of nitrogen functional groups attached to an aromatic ring is 1. The second kappa shape index (κ2) is 5.13. The molecule has 1 aliphatic heterocycles. The maximum absolute atomic E-state index is 6.05. The lowest BCUT2D eigenvalue weighted by molar-refractivity contribution is 0.00768. The Balaban J connectivity index is 2.02. The van der Waals surface area contributed by atoms with Gasteiger partial charge in [-0.05, 0) is 47.8 Å². The van der Waals surface area contributed by atoms with Gasteiger partial charge in [-0.1, -0.05) is 21.1 Å².